The molecule has 3 nitrogen and oxygen atoms in total. The fraction of sp³-hybridized carbons (Fsp3) is 0.231. The van der Waals surface area contributed by atoms with Crippen LogP contribution in [0, 0.1) is 0 Å². The van der Waals surface area contributed by atoms with Gasteiger partial charge >= 0.3 is 0 Å². The van der Waals surface area contributed by atoms with E-state index in [2.05, 4.69) is 15.0 Å². The van der Waals surface area contributed by atoms with Crippen molar-refractivity contribution in [1.29, 1.82) is 0 Å². The summed E-state index contributed by atoms with van der Waals surface area (Å²) in [4.78, 5) is 11.6. The van der Waals surface area contributed by atoms with E-state index in [-0.39, 0.29) is 0 Å². The largest absolute Gasteiger partial charge is 0.341 e. The SMILES string of the molecule is CC1(c2nc3ccc(Cl)cc3[nH]2)C=CC(F)=NC1. The molecule has 0 spiro atoms. The number of benzene rings is 1. The van der Waals surface area contributed by atoms with E-state index in [1.54, 1.807) is 12.1 Å². The first kappa shape index (κ1) is 11.4. The van der Waals surface area contributed by atoms with E-state index in [0.29, 0.717) is 11.6 Å². The number of rotatable bonds is 1. The van der Waals surface area contributed by atoms with Gasteiger partial charge in [-0.05, 0) is 31.2 Å². The maximum atomic E-state index is 12.9. The lowest BCUT2D eigenvalue weighted by Gasteiger charge is -2.23. The molecule has 1 aliphatic heterocycles. The Hall–Kier alpha value is -1.68. The van der Waals surface area contributed by atoms with Gasteiger partial charge in [0.25, 0.3) is 0 Å². The van der Waals surface area contributed by atoms with Crippen molar-refractivity contribution in [3.05, 3.63) is 41.2 Å². The quantitative estimate of drug-likeness (QED) is 0.842. The van der Waals surface area contributed by atoms with Gasteiger partial charge in [0.05, 0.1) is 23.0 Å². The van der Waals surface area contributed by atoms with Crippen LogP contribution in [0.25, 0.3) is 11.0 Å². The molecule has 0 bridgehead atoms. The summed E-state index contributed by atoms with van der Waals surface area (Å²) in [5.41, 5.74) is 1.32. The molecule has 0 fully saturated rings. The number of nitrogens with zero attached hydrogens (tertiary/aromatic N) is 2. The lowest BCUT2D eigenvalue weighted by atomic mass is 9.88. The molecule has 0 saturated carbocycles. The van der Waals surface area contributed by atoms with Crippen molar-refractivity contribution in [3.63, 3.8) is 0 Å². The van der Waals surface area contributed by atoms with E-state index in [1.165, 1.54) is 6.08 Å². The lowest BCUT2D eigenvalue weighted by molar-refractivity contribution is 0.561. The zero-order valence-corrected chi connectivity index (χ0v) is 10.5. The van der Waals surface area contributed by atoms with Crippen molar-refractivity contribution < 1.29 is 4.39 Å². The second-order valence-corrected chi connectivity index (χ2v) is 5.07. The van der Waals surface area contributed by atoms with Gasteiger partial charge in [-0.3, -0.25) is 4.99 Å². The number of H-pyrrole nitrogens is 1. The van der Waals surface area contributed by atoms with E-state index in [9.17, 15) is 4.39 Å². The molecule has 2 aromatic rings. The molecule has 1 N–H and O–H groups in total. The third-order valence-electron chi connectivity index (χ3n) is 3.13. The number of aromatic nitrogens is 2. The van der Waals surface area contributed by atoms with Crippen LogP contribution in [0.2, 0.25) is 5.02 Å². The Morgan fingerprint density at radius 3 is 3.00 bits per heavy atom. The Balaban J connectivity index is 2.07. The third-order valence-corrected chi connectivity index (χ3v) is 3.37. The molecule has 92 valence electrons. The maximum Gasteiger partial charge on any atom is 0.208 e. The average Bonchev–Trinajstić information content (AvgIpc) is 2.77. The highest BCUT2D eigenvalue weighted by Gasteiger charge is 2.29. The van der Waals surface area contributed by atoms with Crippen LogP contribution in [0.5, 0.6) is 0 Å². The van der Waals surface area contributed by atoms with Crippen LogP contribution in [0.4, 0.5) is 4.39 Å². The fourth-order valence-corrected chi connectivity index (χ4v) is 2.18. The van der Waals surface area contributed by atoms with Crippen molar-refractivity contribution in [2.24, 2.45) is 4.99 Å². The van der Waals surface area contributed by atoms with Crippen LogP contribution in [0.1, 0.15) is 12.7 Å². The highest BCUT2D eigenvalue weighted by atomic mass is 35.5. The molecule has 0 radical (unpaired) electrons. The number of hydrogen-bond acceptors (Lipinski definition) is 2. The summed E-state index contributed by atoms with van der Waals surface area (Å²) < 4.78 is 12.9. The summed E-state index contributed by atoms with van der Waals surface area (Å²) in [6, 6.07) is 5.48. The minimum absolute atomic E-state index is 0.350. The van der Waals surface area contributed by atoms with E-state index in [0.717, 1.165) is 16.9 Å². The Morgan fingerprint density at radius 1 is 1.44 bits per heavy atom. The fourth-order valence-electron chi connectivity index (χ4n) is 2.00. The van der Waals surface area contributed by atoms with Gasteiger partial charge in [0.15, 0.2) is 0 Å². The molecule has 1 atom stereocenters. The van der Waals surface area contributed by atoms with Gasteiger partial charge in [0.1, 0.15) is 5.82 Å². The Kier molecular flexibility index (Phi) is 2.48. The van der Waals surface area contributed by atoms with Crippen LogP contribution in [-0.2, 0) is 5.41 Å². The molecule has 3 rings (SSSR count). The van der Waals surface area contributed by atoms with Gasteiger partial charge in [-0.1, -0.05) is 17.7 Å². The molecular formula is C13H11ClFN3. The number of imidazole rings is 1. The molecular weight excluding hydrogens is 253 g/mol. The molecule has 0 aliphatic carbocycles. The van der Waals surface area contributed by atoms with E-state index < -0.39 is 11.4 Å². The molecule has 2 heterocycles. The van der Waals surface area contributed by atoms with Crippen LogP contribution >= 0.6 is 11.6 Å². The Morgan fingerprint density at radius 2 is 2.28 bits per heavy atom. The molecule has 1 aromatic carbocycles. The summed E-state index contributed by atoms with van der Waals surface area (Å²) in [5.74, 6) is 0.332. The Bertz CT molecular complexity index is 674. The van der Waals surface area contributed by atoms with Crippen molar-refractivity contribution >= 4 is 28.6 Å². The molecule has 18 heavy (non-hydrogen) atoms. The van der Waals surface area contributed by atoms with Gasteiger partial charge in [0, 0.05) is 5.02 Å². The second kappa shape index (κ2) is 3.92. The third kappa shape index (κ3) is 1.82. The van der Waals surface area contributed by atoms with Crippen molar-refractivity contribution in [2.75, 3.05) is 6.54 Å². The van der Waals surface area contributed by atoms with Crippen molar-refractivity contribution in [1.82, 2.24) is 9.97 Å². The first-order valence-electron chi connectivity index (χ1n) is 5.62. The monoisotopic (exact) mass is 263 g/mol. The predicted octanol–water partition coefficient (Wildman–Crippen LogP) is 3.41. The number of dihydropyridines is 1. The van der Waals surface area contributed by atoms with Crippen molar-refractivity contribution in [3.8, 4) is 0 Å². The number of hydrogen-bond donors (Lipinski definition) is 1. The van der Waals surface area contributed by atoms with E-state index in [1.807, 2.05) is 19.1 Å². The zero-order valence-electron chi connectivity index (χ0n) is 9.74. The van der Waals surface area contributed by atoms with Gasteiger partial charge in [-0.25, -0.2) is 4.98 Å². The van der Waals surface area contributed by atoms with E-state index >= 15 is 0 Å². The van der Waals surface area contributed by atoms with Crippen LogP contribution in [0.15, 0.2) is 35.3 Å². The topological polar surface area (TPSA) is 41.0 Å². The van der Waals surface area contributed by atoms with Gasteiger partial charge in [-0.15, -0.1) is 0 Å². The molecule has 1 unspecified atom stereocenters. The lowest BCUT2D eigenvalue weighted by Crippen LogP contribution is -2.27. The first-order valence-corrected chi connectivity index (χ1v) is 6.00. The number of fused-ring (bicyclic) bond motifs is 1. The smallest absolute Gasteiger partial charge is 0.208 e. The second-order valence-electron chi connectivity index (χ2n) is 4.64. The summed E-state index contributed by atoms with van der Waals surface area (Å²) in [6.45, 7) is 2.32. The minimum Gasteiger partial charge on any atom is -0.341 e. The number of allylic oxidation sites excluding steroid dienone is 1. The average molecular weight is 264 g/mol. The first-order chi connectivity index (χ1) is 8.57. The van der Waals surface area contributed by atoms with Gasteiger partial charge < -0.3 is 4.98 Å². The van der Waals surface area contributed by atoms with Gasteiger partial charge in [0.2, 0.25) is 5.97 Å². The zero-order chi connectivity index (χ0) is 12.8. The molecule has 0 amide bonds. The number of halogens is 2. The number of nitrogens with one attached hydrogen (secondary N) is 1. The van der Waals surface area contributed by atoms with Gasteiger partial charge in [-0.2, -0.15) is 4.39 Å². The standard InChI is InChI=1S/C13H11ClFN3/c1-13(5-4-11(15)16-7-13)12-17-9-3-2-8(14)6-10(9)18-12/h2-6H,7H2,1H3,(H,17,18). The maximum absolute atomic E-state index is 12.9. The summed E-state index contributed by atoms with van der Waals surface area (Å²) in [5, 5.41) is 0.658. The highest BCUT2D eigenvalue weighted by molar-refractivity contribution is 6.31. The van der Waals surface area contributed by atoms with Crippen LogP contribution < -0.4 is 0 Å². The summed E-state index contributed by atoms with van der Waals surface area (Å²) in [7, 11) is 0. The normalized spacial score (nSPS) is 23.4. The molecule has 1 aliphatic rings. The Labute approximate surface area is 108 Å². The predicted molar refractivity (Wildman–Crippen MR) is 71.0 cm³/mol. The molecule has 0 saturated heterocycles. The number of aliphatic imine (C=N–C) groups is 1. The molecule has 5 heteroatoms. The number of aromatic amines is 1. The minimum atomic E-state index is -0.438. The highest BCUT2D eigenvalue weighted by Crippen LogP contribution is 2.28. The summed E-state index contributed by atoms with van der Waals surface area (Å²) >= 11 is 5.93. The van der Waals surface area contributed by atoms with Crippen LogP contribution in [0.3, 0.4) is 0 Å². The van der Waals surface area contributed by atoms with Crippen molar-refractivity contribution in [2.45, 2.75) is 12.3 Å². The van der Waals surface area contributed by atoms with Crippen LogP contribution in [-0.4, -0.2) is 22.5 Å². The summed E-state index contributed by atoms with van der Waals surface area (Å²) in [6.07, 6.45) is 3.16. The molecule has 1 aromatic heterocycles. The van der Waals surface area contributed by atoms with E-state index in [4.69, 9.17) is 11.6 Å².